The van der Waals surface area contributed by atoms with Crippen LogP contribution in [0.25, 0.3) is 0 Å². The zero-order chi connectivity index (χ0) is 9.84. The van der Waals surface area contributed by atoms with E-state index < -0.39 is 4.92 Å². The van der Waals surface area contributed by atoms with Crippen molar-refractivity contribution in [1.82, 2.24) is 0 Å². The Morgan fingerprint density at radius 1 is 1.54 bits per heavy atom. The molecule has 0 fully saturated rings. The number of halogens is 1. The number of rotatable bonds is 3. The highest BCUT2D eigenvalue weighted by Crippen LogP contribution is 2.29. The van der Waals surface area contributed by atoms with Crippen LogP contribution in [0, 0.1) is 16.5 Å². The largest absolute Gasteiger partial charge is 0.291 e. The molecular formula is C9H7ClNO2. The van der Waals surface area contributed by atoms with Crippen molar-refractivity contribution in [2.75, 3.05) is 0 Å². The van der Waals surface area contributed by atoms with Gasteiger partial charge in [0, 0.05) is 12.0 Å². The van der Waals surface area contributed by atoms with Gasteiger partial charge >= 0.3 is 0 Å². The minimum atomic E-state index is -0.502. The molecule has 0 bridgehead atoms. The zero-order valence-corrected chi connectivity index (χ0v) is 7.49. The molecule has 0 amide bonds. The lowest BCUT2D eigenvalue weighted by Crippen LogP contribution is -1.94. The molecule has 0 N–H and O–H groups in total. The van der Waals surface area contributed by atoms with E-state index >= 15 is 0 Å². The topological polar surface area (TPSA) is 43.1 Å². The van der Waals surface area contributed by atoms with Gasteiger partial charge in [0.05, 0.1) is 4.92 Å². The maximum atomic E-state index is 10.6. The molecule has 0 aliphatic carbocycles. The SMILES string of the molecule is C=C[CH]c1cccc(Cl)c1[N+](=O)[O-]. The van der Waals surface area contributed by atoms with E-state index in [1.165, 1.54) is 12.1 Å². The van der Waals surface area contributed by atoms with E-state index in [1.807, 2.05) is 0 Å². The van der Waals surface area contributed by atoms with Crippen molar-refractivity contribution in [2.45, 2.75) is 0 Å². The highest BCUT2D eigenvalue weighted by atomic mass is 35.5. The molecule has 3 nitrogen and oxygen atoms in total. The Hall–Kier alpha value is -1.35. The Balaban J connectivity index is 3.25. The van der Waals surface area contributed by atoms with Crippen LogP contribution >= 0.6 is 11.6 Å². The van der Waals surface area contributed by atoms with Crippen LogP contribution < -0.4 is 0 Å². The lowest BCUT2D eigenvalue weighted by molar-refractivity contribution is -0.385. The molecule has 0 spiro atoms. The Kier molecular flexibility index (Phi) is 3.03. The molecule has 0 aliphatic rings. The lowest BCUT2D eigenvalue weighted by Gasteiger charge is -2.00. The highest BCUT2D eigenvalue weighted by Gasteiger charge is 2.16. The molecule has 4 heteroatoms. The molecule has 1 aromatic rings. The summed E-state index contributed by atoms with van der Waals surface area (Å²) in [6.07, 6.45) is 3.03. The van der Waals surface area contributed by atoms with Crippen molar-refractivity contribution in [3.63, 3.8) is 0 Å². The number of nitro groups is 1. The van der Waals surface area contributed by atoms with Crippen LogP contribution in [0.5, 0.6) is 0 Å². The molecule has 0 aliphatic heterocycles. The maximum absolute atomic E-state index is 10.6. The van der Waals surface area contributed by atoms with Crippen LogP contribution in [0.3, 0.4) is 0 Å². The van der Waals surface area contributed by atoms with Crippen LogP contribution in [0.2, 0.25) is 5.02 Å². The Morgan fingerprint density at radius 2 is 2.23 bits per heavy atom. The van der Waals surface area contributed by atoms with Crippen molar-refractivity contribution in [2.24, 2.45) is 0 Å². The molecule has 67 valence electrons. The summed E-state index contributed by atoms with van der Waals surface area (Å²) in [5, 5.41) is 10.7. The molecule has 0 saturated heterocycles. The first kappa shape index (κ1) is 9.74. The van der Waals surface area contributed by atoms with Gasteiger partial charge in [0.2, 0.25) is 0 Å². The Morgan fingerprint density at radius 3 is 2.77 bits per heavy atom. The van der Waals surface area contributed by atoms with Crippen molar-refractivity contribution in [1.29, 1.82) is 0 Å². The average Bonchev–Trinajstić information content (AvgIpc) is 2.04. The average molecular weight is 197 g/mol. The molecule has 13 heavy (non-hydrogen) atoms. The quantitative estimate of drug-likeness (QED) is 0.551. The van der Waals surface area contributed by atoms with Gasteiger partial charge in [-0.2, -0.15) is 0 Å². The molecular weight excluding hydrogens is 190 g/mol. The molecule has 1 rings (SSSR count). The van der Waals surface area contributed by atoms with Gasteiger partial charge in [-0.1, -0.05) is 29.8 Å². The van der Waals surface area contributed by atoms with E-state index in [1.54, 1.807) is 18.6 Å². The highest BCUT2D eigenvalue weighted by molar-refractivity contribution is 6.32. The summed E-state index contributed by atoms with van der Waals surface area (Å²) in [4.78, 5) is 10.1. The van der Waals surface area contributed by atoms with Crippen molar-refractivity contribution in [3.05, 3.63) is 58.0 Å². The smallest absolute Gasteiger partial charge is 0.258 e. The van der Waals surface area contributed by atoms with Gasteiger partial charge in [0.25, 0.3) is 5.69 Å². The summed E-state index contributed by atoms with van der Waals surface area (Å²) in [6, 6.07) is 4.76. The van der Waals surface area contributed by atoms with Crippen LogP contribution in [-0.2, 0) is 0 Å². The predicted molar refractivity (Wildman–Crippen MR) is 51.7 cm³/mol. The molecule has 0 unspecified atom stereocenters. The number of hydrogen-bond acceptors (Lipinski definition) is 2. The Labute approximate surface area is 80.8 Å². The molecule has 1 aromatic carbocycles. The van der Waals surface area contributed by atoms with Crippen LogP contribution in [-0.4, -0.2) is 4.92 Å². The third-order valence-corrected chi connectivity index (χ3v) is 1.80. The molecule has 0 atom stereocenters. The molecule has 0 saturated carbocycles. The minimum Gasteiger partial charge on any atom is -0.258 e. The number of benzene rings is 1. The number of allylic oxidation sites excluding steroid dienone is 1. The fraction of sp³-hybridized carbons (Fsp3) is 0. The van der Waals surface area contributed by atoms with Crippen LogP contribution in [0.15, 0.2) is 30.9 Å². The van der Waals surface area contributed by atoms with Gasteiger partial charge in [-0.15, -0.1) is 6.58 Å². The minimum absolute atomic E-state index is 0.0796. The van der Waals surface area contributed by atoms with Crippen LogP contribution in [0.4, 0.5) is 5.69 Å². The summed E-state index contributed by atoms with van der Waals surface area (Å²) in [7, 11) is 0. The van der Waals surface area contributed by atoms with Gasteiger partial charge in [-0.25, -0.2) is 0 Å². The van der Waals surface area contributed by atoms with Gasteiger partial charge in [-0.05, 0) is 6.07 Å². The van der Waals surface area contributed by atoms with E-state index in [0.29, 0.717) is 5.56 Å². The second kappa shape index (κ2) is 4.05. The first-order chi connectivity index (χ1) is 6.16. The van der Waals surface area contributed by atoms with Gasteiger partial charge < -0.3 is 0 Å². The van der Waals surface area contributed by atoms with Gasteiger partial charge in [0.1, 0.15) is 5.02 Å². The van der Waals surface area contributed by atoms with Gasteiger partial charge in [0.15, 0.2) is 0 Å². The Bertz CT molecular complexity index is 349. The van der Waals surface area contributed by atoms with E-state index in [9.17, 15) is 10.1 Å². The number of para-hydroxylation sites is 1. The molecule has 0 aromatic heterocycles. The normalized spacial score (nSPS) is 9.62. The fourth-order valence-electron chi connectivity index (χ4n) is 0.986. The van der Waals surface area contributed by atoms with E-state index in [0.717, 1.165) is 0 Å². The second-order valence-electron chi connectivity index (χ2n) is 2.34. The van der Waals surface area contributed by atoms with E-state index in [4.69, 9.17) is 11.6 Å². The second-order valence-corrected chi connectivity index (χ2v) is 2.74. The first-order valence-electron chi connectivity index (χ1n) is 3.55. The number of nitro benzene ring substituents is 1. The first-order valence-corrected chi connectivity index (χ1v) is 3.93. The summed E-state index contributed by atoms with van der Waals surface area (Å²) in [5.41, 5.74) is 0.386. The fourth-order valence-corrected chi connectivity index (χ4v) is 1.24. The maximum Gasteiger partial charge on any atom is 0.291 e. The predicted octanol–water partition coefficient (Wildman–Crippen LogP) is 2.99. The van der Waals surface area contributed by atoms with Gasteiger partial charge in [-0.3, -0.25) is 10.1 Å². The summed E-state index contributed by atoms with van der Waals surface area (Å²) >= 11 is 5.66. The van der Waals surface area contributed by atoms with E-state index in [2.05, 4.69) is 6.58 Å². The standard InChI is InChI=1S/C9H7ClNO2/c1-2-4-7-5-3-6-8(10)9(7)11(12)13/h2-6H,1H2. The third kappa shape index (κ3) is 2.06. The summed E-state index contributed by atoms with van der Waals surface area (Å²) < 4.78 is 0. The lowest BCUT2D eigenvalue weighted by atomic mass is 10.1. The summed E-state index contributed by atoms with van der Waals surface area (Å²) in [6.45, 7) is 3.46. The number of hydrogen-bond donors (Lipinski definition) is 0. The van der Waals surface area contributed by atoms with E-state index in [-0.39, 0.29) is 10.7 Å². The molecule has 1 radical (unpaired) electrons. The van der Waals surface area contributed by atoms with Crippen molar-refractivity contribution >= 4 is 17.3 Å². The zero-order valence-electron chi connectivity index (χ0n) is 6.74. The summed E-state index contributed by atoms with van der Waals surface area (Å²) in [5.74, 6) is 0. The van der Waals surface area contributed by atoms with Crippen molar-refractivity contribution in [3.8, 4) is 0 Å². The van der Waals surface area contributed by atoms with Crippen molar-refractivity contribution < 1.29 is 4.92 Å². The number of nitrogens with zero attached hydrogens (tertiary/aromatic N) is 1. The molecule has 0 heterocycles. The third-order valence-electron chi connectivity index (χ3n) is 1.50. The van der Waals surface area contributed by atoms with Crippen LogP contribution in [0.1, 0.15) is 5.56 Å². The monoisotopic (exact) mass is 196 g/mol.